The average molecular weight is 483 g/mol. The number of benzene rings is 2. The van der Waals surface area contributed by atoms with Crippen LogP contribution in [-0.2, 0) is 9.59 Å². The first kappa shape index (κ1) is 23.8. The topological polar surface area (TPSA) is 96.9 Å². The van der Waals surface area contributed by atoms with Crippen LogP contribution in [0, 0.1) is 5.82 Å². The quantitative estimate of drug-likeness (QED) is 0.534. The number of rotatable bonds is 8. The number of hydrogen-bond acceptors (Lipinski definition) is 5. The van der Waals surface area contributed by atoms with E-state index in [4.69, 9.17) is 32.7 Å². The van der Waals surface area contributed by atoms with Crippen molar-refractivity contribution in [1.82, 2.24) is 10.6 Å². The summed E-state index contributed by atoms with van der Waals surface area (Å²) in [6.07, 6.45) is -1.35. The fourth-order valence-corrected chi connectivity index (χ4v) is 3.34. The minimum Gasteiger partial charge on any atom is -0.484 e. The van der Waals surface area contributed by atoms with Gasteiger partial charge in [0.2, 0.25) is 0 Å². The van der Waals surface area contributed by atoms with Gasteiger partial charge in [-0.15, -0.1) is 0 Å². The van der Waals surface area contributed by atoms with E-state index in [0.29, 0.717) is 22.0 Å². The van der Waals surface area contributed by atoms with E-state index in [9.17, 15) is 19.1 Å². The zero-order valence-corrected chi connectivity index (χ0v) is 18.4. The molecule has 0 radical (unpaired) electrons. The standard InChI is InChI=1S/C22H21Cl2FN2O5/c1-12(27-21(29)11-31-14-3-4-16(24)17(25)9-14)6-7-26-22(30)20-10-18(28)15-8-13(23)2-5-19(15)32-20/h2-5,8-9,18,20,28H,1,6-7,10-11H2,(H,26,30)(H,27,29)/t18-,20-/m0/s1. The van der Waals surface area contributed by atoms with Gasteiger partial charge in [0.15, 0.2) is 12.7 Å². The predicted molar refractivity (Wildman–Crippen MR) is 117 cm³/mol. The fourth-order valence-electron chi connectivity index (χ4n) is 3.04. The van der Waals surface area contributed by atoms with Crippen molar-refractivity contribution < 1.29 is 28.6 Å². The van der Waals surface area contributed by atoms with Crippen LogP contribution in [0.15, 0.2) is 48.7 Å². The van der Waals surface area contributed by atoms with Gasteiger partial charge in [0.1, 0.15) is 17.3 Å². The largest absolute Gasteiger partial charge is 0.484 e. The van der Waals surface area contributed by atoms with Crippen molar-refractivity contribution in [2.45, 2.75) is 25.0 Å². The molecule has 2 amide bonds. The lowest BCUT2D eigenvalue weighted by Crippen LogP contribution is -2.42. The Balaban J connectivity index is 1.38. The number of aliphatic hydroxyl groups is 1. The van der Waals surface area contributed by atoms with Gasteiger partial charge in [0.25, 0.3) is 11.8 Å². The van der Waals surface area contributed by atoms with Crippen molar-refractivity contribution in [1.29, 1.82) is 0 Å². The molecule has 3 N–H and O–H groups in total. The Labute approximate surface area is 194 Å². The summed E-state index contributed by atoms with van der Waals surface area (Å²) in [6, 6.07) is 8.69. The summed E-state index contributed by atoms with van der Waals surface area (Å²) in [4.78, 5) is 24.3. The molecular weight excluding hydrogens is 462 g/mol. The molecule has 0 aromatic heterocycles. The molecular formula is C22H21Cl2FN2O5. The maximum Gasteiger partial charge on any atom is 0.262 e. The van der Waals surface area contributed by atoms with Crippen LogP contribution in [0.1, 0.15) is 24.5 Å². The molecule has 0 spiro atoms. The molecule has 1 heterocycles. The SMILES string of the molecule is C=C(CCNC(=O)[C@@H]1C[C@H](O)c2cc(Cl)ccc2O1)NC(=O)COc1ccc(Cl)c(F)c1. The van der Waals surface area contributed by atoms with Crippen molar-refractivity contribution >= 4 is 35.0 Å². The Morgan fingerprint density at radius 3 is 2.78 bits per heavy atom. The Bertz CT molecular complexity index is 1030. The third kappa shape index (κ3) is 6.35. The highest BCUT2D eigenvalue weighted by atomic mass is 35.5. The average Bonchev–Trinajstić information content (AvgIpc) is 2.74. The first-order chi connectivity index (χ1) is 15.2. The molecule has 1 aliphatic rings. The van der Waals surface area contributed by atoms with E-state index in [1.165, 1.54) is 12.1 Å². The Morgan fingerprint density at radius 1 is 1.25 bits per heavy atom. The van der Waals surface area contributed by atoms with Crippen LogP contribution < -0.4 is 20.1 Å². The van der Waals surface area contributed by atoms with E-state index in [2.05, 4.69) is 17.2 Å². The molecule has 170 valence electrons. The molecule has 3 rings (SSSR count). The van der Waals surface area contributed by atoms with Crippen LogP contribution in [0.3, 0.4) is 0 Å². The summed E-state index contributed by atoms with van der Waals surface area (Å²) in [6.45, 7) is 3.59. The number of hydrogen-bond donors (Lipinski definition) is 3. The molecule has 2 atom stereocenters. The second kappa shape index (κ2) is 10.7. The van der Waals surface area contributed by atoms with Gasteiger partial charge in [-0.3, -0.25) is 9.59 Å². The highest BCUT2D eigenvalue weighted by Crippen LogP contribution is 2.36. The normalized spacial score (nSPS) is 17.0. The van der Waals surface area contributed by atoms with E-state index in [1.54, 1.807) is 18.2 Å². The van der Waals surface area contributed by atoms with Crippen molar-refractivity contribution in [3.05, 3.63) is 70.1 Å². The van der Waals surface area contributed by atoms with Gasteiger partial charge in [-0.2, -0.15) is 0 Å². The molecule has 0 saturated carbocycles. The number of carbonyl (C=O) groups is 2. The summed E-state index contributed by atoms with van der Waals surface area (Å²) in [5.74, 6) is -0.946. The lowest BCUT2D eigenvalue weighted by atomic mass is 9.98. The molecule has 0 fully saturated rings. The summed E-state index contributed by atoms with van der Waals surface area (Å²) < 4.78 is 24.2. The van der Waals surface area contributed by atoms with Crippen molar-refractivity contribution in [2.75, 3.05) is 13.2 Å². The second-order valence-electron chi connectivity index (χ2n) is 7.10. The highest BCUT2D eigenvalue weighted by molar-refractivity contribution is 6.31. The van der Waals surface area contributed by atoms with Crippen molar-refractivity contribution in [3.8, 4) is 11.5 Å². The minimum absolute atomic E-state index is 0.0426. The summed E-state index contributed by atoms with van der Waals surface area (Å²) in [5.41, 5.74) is 0.909. The van der Waals surface area contributed by atoms with Gasteiger partial charge in [0.05, 0.1) is 11.1 Å². The lowest BCUT2D eigenvalue weighted by Gasteiger charge is -2.29. The zero-order valence-electron chi connectivity index (χ0n) is 16.9. The predicted octanol–water partition coefficient (Wildman–Crippen LogP) is 3.53. The van der Waals surface area contributed by atoms with Gasteiger partial charge in [-0.25, -0.2) is 4.39 Å². The molecule has 0 unspecified atom stereocenters. The Hall–Kier alpha value is -2.81. The van der Waals surface area contributed by atoms with E-state index in [-0.39, 0.29) is 36.8 Å². The van der Waals surface area contributed by atoms with Crippen LogP contribution in [0.4, 0.5) is 4.39 Å². The molecule has 2 aromatic rings. The number of carbonyl (C=O) groups excluding carboxylic acids is 2. The van der Waals surface area contributed by atoms with Gasteiger partial charge in [-0.05, 0) is 30.3 Å². The minimum atomic E-state index is -0.864. The molecule has 32 heavy (non-hydrogen) atoms. The first-order valence-corrected chi connectivity index (χ1v) is 10.5. The van der Waals surface area contributed by atoms with Gasteiger partial charge in [0, 0.05) is 41.7 Å². The third-order valence-electron chi connectivity index (χ3n) is 4.63. The van der Waals surface area contributed by atoms with Crippen LogP contribution >= 0.6 is 23.2 Å². The summed E-state index contributed by atoms with van der Waals surface area (Å²) in [7, 11) is 0. The number of fused-ring (bicyclic) bond motifs is 1. The molecule has 0 bridgehead atoms. The maximum absolute atomic E-state index is 13.4. The molecule has 10 heteroatoms. The van der Waals surface area contributed by atoms with Crippen LogP contribution in [0.5, 0.6) is 11.5 Å². The van der Waals surface area contributed by atoms with Crippen molar-refractivity contribution in [2.24, 2.45) is 0 Å². The third-order valence-corrected chi connectivity index (χ3v) is 5.17. The van der Waals surface area contributed by atoms with Crippen LogP contribution in [0.2, 0.25) is 10.0 Å². The van der Waals surface area contributed by atoms with Gasteiger partial charge in [-0.1, -0.05) is 29.8 Å². The molecule has 0 saturated heterocycles. The Morgan fingerprint density at radius 2 is 2.03 bits per heavy atom. The maximum atomic E-state index is 13.4. The zero-order chi connectivity index (χ0) is 23.3. The van der Waals surface area contributed by atoms with E-state index >= 15 is 0 Å². The molecule has 2 aromatic carbocycles. The number of halogens is 3. The smallest absolute Gasteiger partial charge is 0.262 e. The number of ether oxygens (including phenoxy) is 2. The fraction of sp³-hybridized carbons (Fsp3) is 0.273. The van der Waals surface area contributed by atoms with E-state index < -0.39 is 29.8 Å². The van der Waals surface area contributed by atoms with Crippen LogP contribution in [0.25, 0.3) is 0 Å². The molecule has 1 aliphatic heterocycles. The van der Waals surface area contributed by atoms with Crippen LogP contribution in [-0.4, -0.2) is 36.2 Å². The summed E-state index contributed by atoms with van der Waals surface area (Å²) in [5, 5.41) is 15.9. The van der Waals surface area contributed by atoms with Gasteiger partial charge >= 0.3 is 0 Å². The summed E-state index contributed by atoms with van der Waals surface area (Å²) >= 11 is 11.5. The lowest BCUT2D eigenvalue weighted by molar-refractivity contribution is -0.130. The van der Waals surface area contributed by atoms with E-state index in [1.807, 2.05) is 0 Å². The van der Waals surface area contributed by atoms with Crippen molar-refractivity contribution in [3.63, 3.8) is 0 Å². The number of aliphatic hydroxyl groups excluding tert-OH is 1. The highest BCUT2D eigenvalue weighted by Gasteiger charge is 2.31. The second-order valence-corrected chi connectivity index (χ2v) is 7.94. The van der Waals surface area contributed by atoms with E-state index in [0.717, 1.165) is 6.07 Å². The Kier molecular flexibility index (Phi) is 7.95. The molecule has 7 nitrogen and oxygen atoms in total. The number of nitrogens with one attached hydrogen (secondary N) is 2. The number of amides is 2. The first-order valence-electron chi connectivity index (χ1n) is 9.70. The monoisotopic (exact) mass is 482 g/mol. The molecule has 0 aliphatic carbocycles. The van der Waals surface area contributed by atoms with Gasteiger partial charge < -0.3 is 25.2 Å².